The van der Waals surface area contributed by atoms with Gasteiger partial charge in [0, 0.05) is 12.1 Å². The number of esters is 1. The zero-order valence-electron chi connectivity index (χ0n) is 15.4. The van der Waals surface area contributed by atoms with Crippen molar-refractivity contribution in [1.29, 1.82) is 0 Å². The number of hydrogen-bond donors (Lipinski definition) is 0. The van der Waals surface area contributed by atoms with Crippen LogP contribution in [-0.2, 0) is 16.1 Å². The first-order chi connectivity index (χ1) is 13.1. The number of methoxy groups -OCH3 is 1. The summed E-state index contributed by atoms with van der Waals surface area (Å²) < 4.78 is 16.1. The quantitative estimate of drug-likeness (QED) is 0.777. The summed E-state index contributed by atoms with van der Waals surface area (Å²) in [6.07, 6.45) is 0.515. The van der Waals surface area contributed by atoms with Gasteiger partial charge in [0.2, 0.25) is 0 Å². The third-order valence-corrected chi connectivity index (χ3v) is 5.05. The van der Waals surface area contributed by atoms with Gasteiger partial charge in [-0.05, 0) is 41.3 Å². The molecular formula is C21H21NO5. The van der Waals surface area contributed by atoms with Crippen LogP contribution in [0.2, 0.25) is 0 Å². The van der Waals surface area contributed by atoms with Crippen LogP contribution in [0.1, 0.15) is 29.3 Å². The molecule has 0 radical (unpaired) electrons. The van der Waals surface area contributed by atoms with E-state index in [1.54, 1.807) is 4.90 Å². The Bertz CT molecular complexity index is 907. The number of hydrogen-bond acceptors (Lipinski definition) is 5. The van der Waals surface area contributed by atoms with Crippen molar-refractivity contribution < 1.29 is 23.8 Å². The normalized spacial score (nSPS) is 16.1. The lowest BCUT2D eigenvalue weighted by Crippen LogP contribution is -2.41. The molecule has 0 fully saturated rings. The van der Waals surface area contributed by atoms with Crippen molar-refractivity contribution in [2.24, 2.45) is 0 Å². The summed E-state index contributed by atoms with van der Waals surface area (Å²) in [5, 5.41) is 0. The molecule has 0 N–H and O–H groups in total. The molecule has 140 valence electrons. The van der Waals surface area contributed by atoms with Gasteiger partial charge in [0.05, 0.1) is 7.11 Å². The zero-order chi connectivity index (χ0) is 19.0. The molecule has 1 amide bonds. The van der Waals surface area contributed by atoms with Crippen molar-refractivity contribution in [2.45, 2.75) is 25.9 Å². The van der Waals surface area contributed by atoms with Gasteiger partial charge in [-0.2, -0.15) is 0 Å². The van der Waals surface area contributed by atoms with Crippen molar-refractivity contribution in [3.8, 4) is 22.6 Å². The molecule has 1 unspecified atom stereocenters. The molecule has 2 aromatic rings. The van der Waals surface area contributed by atoms with Crippen molar-refractivity contribution in [3.05, 3.63) is 47.5 Å². The van der Waals surface area contributed by atoms with Crippen LogP contribution in [0, 0.1) is 0 Å². The number of benzene rings is 2. The minimum atomic E-state index is -0.562. The largest absolute Gasteiger partial charge is 0.486 e. The third-order valence-electron chi connectivity index (χ3n) is 5.05. The minimum Gasteiger partial charge on any atom is -0.486 e. The van der Waals surface area contributed by atoms with E-state index in [4.69, 9.17) is 14.2 Å². The van der Waals surface area contributed by atoms with Gasteiger partial charge in [-0.3, -0.25) is 4.79 Å². The molecule has 2 aliphatic rings. The fourth-order valence-electron chi connectivity index (χ4n) is 3.63. The Balaban J connectivity index is 1.65. The maximum atomic E-state index is 12.9. The number of carbonyl (C=O) groups is 2. The van der Waals surface area contributed by atoms with Crippen LogP contribution in [0.4, 0.5) is 0 Å². The highest BCUT2D eigenvalue weighted by atomic mass is 16.6. The number of rotatable bonds is 4. The lowest BCUT2D eigenvalue weighted by atomic mass is 10.00. The summed E-state index contributed by atoms with van der Waals surface area (Å²) in [7, 11) is 1.35. The maximum absolute atomic E-state index is 12.9. The summed E-state index contributed by atoms with van der Waals surface area (Å²) in [5.74, 6) is 0.925. The van der Waals surface area contributed by atoms with Crippen molar-refractivity contribution in [3.63, 3.8) is 0 Å². The Hall–Kier alpha value is -3.02. The molecule has 4 rings (SSSR count). The van der Waals surface area contributed by atoms with Crippen LogP contribution in [0.15, 0.2) is 36.4 Å². The SMILES string of the molecule is CCC(C(=O)OC)N1Cc2ccc(-c3ccc4c(c3)OCCO4)cc2C1=O. The molecule has 2 heterocycles. The topological polar surface area (TPSA) is 65.1 Å². The number of nitrogens with zero attached hydrogens (tertiary/aromatic N) is 1. The first-order valence-electron chi connectivity index (χ1n) is 9.04. The van der Waals surface area contributed by atoms with E-state index in [9.17, 15) is 9.59 Å². The fraction of sp³-hybridized carbons (Fsp3) is 0.333. The van der Waals surface area contributed by atoms with Gasteiger partial charge in [-0.25, -0.2) is 4.79 Å². The van der Waals surface area contributed by atoms with Gasteiger partial charge >= 0.3 is 5.97 Å². The van der Waals surface area contributed by atoms with Crippen molar-refractivity contribution in [1.82, 2.24) is 4.90 Å². The molecule has 0 bridgehead atoms. The van der Waals surface area contributed by atoms with Gasteiger partial charge in [-0.15, -0.1) is 0 Å². The van der Waals surface area contributed by atoms with Gasteiger partial charge in [0.15, 0.2) is 11.5 Å². The molecule has 0 aromatic heterocycles. The van der Waals surface area contributed by atoms with Gasteiger partial charge in [-0.1, -0.05) is 25.1 Å². The first kappa shape index (κ1) is 17.4. The molecule has 0 saturated heterocycles. The van der Waals surface area contributed by atoms with E-state index < -0.39 is 6.04 Å². The highest BCUT2D eigenvalue weighted by Gasteiger charge is 2.36. The number of carbonyl (C=O) groups excluding carboxylic acids is 2. The lowest BCUT2D eigenvalue weighted by molar-refractivity contribution is -0.146. The monoisotopic (exact) mass is 367 g/mol. The van der Waals surface area contributed by atoms with E-state index in [0.29, 0.717) is 37.5 Å². The highest BCUT2D eigenvalue weighted by Crippen LogP contribution is 2.36. The summed E-state index contributed by atoms with van der Waals surface area (Å²) in [5.41, 5.74) is 3.42. The predicted octanol–water partition coefficient (Wildman–Crippen LogP) is 3.03. The molecular weight excluding hydrogens is 346 g/mol. The first-order valence-corrected chi connectivity index (χ1v) is 9.04. The molecule has 0 aliphatic carbocycles. The Morgan fingerprint density at radius 3 is 2.56 bits per heavy atom. The molecule has 6 heteroatoms. The molecule has 6 nitrogen and oxygen atoms in total. The van der Waals surface area contributed by atoms with Crippen molar-refractivity contribution >= 4 is 11.9 Å². The summed E-state index contributed by atoms with van der Waals surface area (Å²) in [6.45, 7) is 3.37. The smallest absolute Gasteiger partial charge is 0.328 e. The fourth-order valence-corrected chi connectivity index (χ4v) is 3.63. The van der Waals surface area contributed by atoms with E-state index in [2.05, 4.69) is 0 Å². The highest BCUT2D eigenvalue weighted by molar-refractivity contribution is 6.01. The van der Waals surface area contributed by atoms with Crippen LogP contribution < -0.4 is 9.47 Å². The summed E-state index contributed by atoms with van der Waals surface area (Å²) in [4.78, 5) is 26.5. The molecule has 1 atom stereocenters. The average molecular weight is 367 g/mol. The summed E-state index contributed by atoms with van der Waals surface area (Å²) >= 11 is 0. The molecule has 27 heavy (non-hydrogen) atoms. The number of amides is 1. The average Bonchev–Trinajstić information content (AvgIpc) is 3.04. The second kappa shape index (κ2) is 6.95. The number of fused-ring (bicyclic) bond motifs is 2. The maximum Gasteiger partial charge on any atom is 0.328 e. The van der Waals surface area contributed by atoms with Crippen LogP contribution in [0.5, 0.6) is 11.5 Å². The Labute approximate surface area is 157 Å². The second-order valence-electron chi connectivity index (χ2n) is 6.61. The standard InChI is InChI=1S/C21H21NO5/c1-3-17(21(24)25-2)22-12-15-5-4-13(10-16(15)20(22)23)14-6-7-18-19(11-14)27-9-8-26-18/h4-7,10-11,17H,3,8-9,12H2,1-2H3. The minimum absolute atomic E-state index is 0.137. The van der Waals surface area contributed by atoms with E-state index in [-0.39, 0.29) is 11.9 Å². The molecule has 2 aromatic carbocycles. The second-order valence-corrected chi connectivity index (χ2v) is 6.61. The van der Waals surface area contributed by atoms with Crippen LogP contribution in [-0.4, -0.2) is 43.1 Å². The Kier molecular flexibility index (Phi) is 4.48. The van der Waals surface area contributed by atoms with Gasteiger partial charge in [0.1, 0.15) is 19.3 Å². The number of ether oxygens (including phenoxy) is 3. The summed E-state index contributed by atoms with van der Waals surface area (Å²) in [6, 6.07) is 11.0. The van der Waals surface area contributed by atoms with Crippen LogP contribution in [0.3, 0.4) is 0 Å². The molecule has 2 aliphatic heterocycles. The van der Waals surface area contributed by atoms with Gasteiger partial charge in [0.25, 0.3) is 5.91 Å². The van der Waals surface area contributed by atoms with E-state index in [1.165, 1.54) is 7.11 Å². The van der Waals surface area contributed by atoms with Gasteiger partial charge < -0.3 is 19.1 Å². The molecule has 0 spiro atoms. The Morgan fingerprint density at radius 2 is 1.81 bits per heavy atom. The Morgan fingerprint density at radius 1 is 1.11 bits per heavy atom. The third kappa shape index (κ3) is 3.01. The molecule has 0 saturated carbocycles. The zero-order valence-corrected chi connectivity index (χ0v) is 15.4. The van der Waals surface area contributed by atoms with E-state index in [1.807, 2.05) is 43.3 Å². The predicted molar refractivity (Wildman–Crippen MR) is 98.8 cm³/mol. The van der Waals surface area contributed by atoms with E-state index in [0.717, 1.165) is 22.4 Å². The van der Waals surface area contributed by atoms with Crippen LogP contribution >= 0.6 is 0 Å². The lowest BCUT2D eigenvalue weighted by Gasteiger charge is -2.24. The van der Waals surface area contributed by atoms with E-state index >= 15 is 0 Å². The van der Waals surface area contributed by atoms with Crippen molar-refractivity contribution in [2.75, 3.05) is 20.3 Å². The van der Waals surface area contributed by atoms with Crippen LogP contribution in [0.25, 0.3) is 11.1 Å².